The van der Waals surface area contributed by atoms with Crippen LogP contribution in [0.5, 0.6) is 5.75 Å². The van der Waals surface area contributed by atoms with Crippen molar-refractivity contribution in [3.8, 4) is 5.75 Å². The van der Waals surface area contributed by atoms with Crippen LogP contribution in [-0.2, 0) is 9.84 Å². The molecule has 148 valence electrons. The molecule has 10 heteroatoms. The van der Waals surface area contributed by atoms with Crippen LogP contribution < -0.4 is 10.5 Å². The molecule has 0 amide bonds. The van der Waals surface area contributed by atoms with E-state index in [1.807, 2.05) is 11.9 Å². The smallest absolute Gasteiger partial charge is 0.406 e. The minimum Gasteiger partial charge on any atom is -0.406 e. The third kappa shape index (κ3) is 4.56. The monoisotopic (exact) mass is 403 g/mol. The average Bonchev–Trinajstić information content (AvgIpc) is 3.00. The molecule has 2 aliphatic rings. The van der Waals surface area contributed by atoms with Gasteiger partial charge in [0.05, 0.1) is 16.3 Å². The van der Waals surface area contributed by atoms with Crippen LogP contribution in [0.2, 0.25) is 0 Å². The predicted octanol–water partition coefficient (Wildman–Crippen LogP) is 2.06. The minimum atomic E-state index is -4.83. The zero-order valence-corrected chi connectivity index (χ0v) is 15.4. The second-order valence-corrected chi connectivity index (χ2v) is 8.60. The Morgan fingerprint density at radius 3 is 2.44 bits per heavy atom. The first-order chi connectivity index (χ1) is 12.5. The maximum absolute atomic E-state index is 12.9. The van der Waals surface area contributed by atoms with E-state index in [2.05, 4.69) is 9.64 Å². The van der Waals surface area contributed by atoms with Gasteiger partial charge in [-0.25, -0.2) is 8.42 Å². The number of hydrogen-bond donors (Lipinski definition) is 1. The maximum atomic E-state index is 12.9. The summed E-state index contributed by atoms with van der Waals surface area (Å²) in [5.74, 6) is -0.482. The van der Waals surface area contributed by atoms with Gasteiger partial charge in [0.2, 0.25) is 9.84 Å². The Morgan fingerprint density at radius 1 is 1.22 bits per heavy atom. The van der Waals surface area contributed by atoms with Gasteiger partial charge in [-0.2, -0.15) is 0 Å². The largest absolute Gasteiger partial charge is 0.573 e. The summed E-state index contributed by atoms with van der Waals surface area (Å²) in [6.07, 6.45) is -0.976. The normalized spacial score (nSPS) is 21.8. The maximum Gasteiger partial charge on any atom is 0.573 e. The second kappa shape index (κ2) is 7.08. The zero-order valence-electron chi connectivity index (χ0n) is 14.6. The summed E-state index contributed by atoms with van der Waals surface area (Å²) in [5, 5.41) is 0. The Balaban J connectivity index is 1.85. The van der Waals surface area contributed by atoms with E-state index in [1.54, 1.807) is 6.20 Å². The molecular formula is C17H20F3N3O3S. The highest BCUT2D eigenvalue weighted by Gasteiger charge is 2.32. The molecule has 0 aromatic heterocycles. The fraction of sp³-hybridized carbons (Fsp3) is 0.412. The first-order valence-corrected chi connectivity index (χ1v) is 9.76. The van der Waals surface area contributed by atoms with E-state index in [4.69, 9.17) is 5.73 Å². The molecular weight excluding hydrogens is 383 g/mol. The number of ether oxygens (including phenoxy) is 1. The lowest BCUT2D eigenvalue weighted by molar-refractivity contribution is -0.274. The number of rotatable bonds is 4. The summed E-state index contributed by atoms with van der Waals surface area (Å²) in [6, 6.07) is 4.28. The standard InChI is InChI=1S/C17H20F3N3O3S/c1-22-7-6-13(10-22)23-9-12(21)8-16(11-23)27(24,25)15-4-2-14(3-5-15)26-17(18,19)20/h2-5,8,11,13H,6-7,9-10,21H2,1H3/t13-/m0/s1. The predicted molar refractivity (Wildman–Crippen MR) is 93.3 cm³/mol. The molecule has 2 N–H and O–H groups in total. The average molecular weight is 403 g/mol. The summed E-state index contributed by atoms with van der Waals surface area (Å²) >= 11 is 0. The van der Waals surface area contributed by atoms with Gasteiger partial charge in [0, 0.05) is 24.5 Å². The second-order valence-electron chi connectivity index (χ2n) is 6.65. The molecule has 0 radical (unpaired) electrons. The third-order valence-corrected chi connectivity index (χ3v) is 6.24. The van der Waals surface area contributed by atoms with Gasteiger partial charge in [0.15, 0.2) is 0 Å². The van der Waals surface area contributed by atoms with Crippen molar-refractivity contribution in [1.82, 2.24) is 9.80 Å². The first-order valence-electron chi connectivity index (χ1n) is 8.28. The van der Waals surface area contributed by atoms with Crippen LogP contribution in [0.4, 0.5) is 13.2 Å². The molecule has 1 saturated heterocycles. The van der Waals surface area contributed by atoms with Crippen LogP contribution in [0, 0.1) is 0 Å². The lowest BCUT2D eigenvalue weighted by Crippen LogP contribution is -2.38. The zero-order chi connectivity index (χ0) is 19.8. The van der Waals surface area contributed by atoms with Crippen LogP contribution in [-0.4, -0.2) is 57.3 Å². The lowest BCUT2D eigenvalue weighted by Gasteiger charge is -2.31. The molecule has 3 rings (SSSR count). The fourth-order valence-corrected chi connectivity index (χ4v) is 4.55. The summed E-state index contributed by atoms with van der Waals surface area (Å²) in [6.45, 7) is 2.16. The van der Waals surface area contributed by atoms with Crippen molar-refractivity contribution in [3.63, 3.8) is 0 Å². The van der Waals surface area contributed by atoms with Crippen molar-refractivity contribution in [2.45, 2.75) is 23.7 Å². The third-order valence-electron chi connectivity index (χ3n) is 4.50. The van der Waals surface area contributed by atoms with Gasteiger partial charge in [-0.1, -0.05) is 0 Å². The van der Waals surface area contributed by atoms with Gasteiger partial charge in [0.25, 0.3) is 0 Å². The van der Waals surface area contributed by atoms with Crippen molar-refractivity contribution in [2.75, 3.05) is 26.7 Å². The molecule has 2 heterocycles. The number of nitrogens with zero attached hydrogens (tertiary/aromatic N) is 2. The van der Waals surface area contributed by atoms with Crippen LogP contribution in [0.25, 0.3) is 0 Å². The van der Waals surface area contributed by atoms with Crippen LogP contribution in [0.3, 0.4) is 0 Å². The SMILES string of the molecule is CN1CC[C@H](N2C=C(S(=O)(=O)c3ccc(OC(F)(F)F)cc3)C=C(N)C2)C1. The Morgan fingerprint density at radius 2 is 1.89 bits per heavy atom. The van der Waals surface area contributed by atoms with E-state index in [0.29, 0.717) is 12.2 Å². The van der Waals surface area contributed by atoms with E-state index in [0.717, 1.165) is 43.8 Å². The topological polar surface area (TPSA) is 75.9 Å². The van der Waals surface area contributed by atoms with Gasteiger partial charge >= 0.3 is 6.36 Å². The number of likely N-dealkylation sites (tertiary alicyclic amines) is 1. The number of allylic oxidation sites excluding steroid dienone is 1. The molecule has 1 aromatic carbocycles. The van der Waals surface area contributed by atoms with Crippen LogP contribution in [0.1, 0.15) is 6.42 Å². The number of nitrogens with two attached hydrogens (primary N) is 1. The molecule has 1 aromatic rings. The van der Waals surface area contributed by atoms with Gasteiger partial charge in [-0.15, -0.1) is 13.2 Å². The highest BCUT2D eigenvalue weighted by Crippen LogP contribution is 2.29. The Bertz CT molecular complexity index is 864. The highest BCUT2D eigenvalue weighted by atomic mass is 32.2. The number of sulfone groups is 1. The molecule has 6 nitrogen and oxygen atoms in total. The number of hydrogen-bond acceptors (Lipinski definition) is 6. The first kappa shape index (κ1) is 19.6. The molecule has 1 atom stereocenters. The van der Waals surface area contributed by atoms with Gasteiger partial charge in [0.1, 0.15) is 5.75 Å². The lowest BCUT2D eigenvalue weighted by atomic mass is 10.2. The summed E-state index contributed by atoms with van der Waals surface area (Å²) < 4.78 is 66.3. The van der Waals surface area contributed by atoms with Gasteiger partial charge in [-0.3, -0.25) is 0 Å². The van der Waals surface area contributed by atoms with E-state index >= 15 is 0 Å². The number of benzene rings is 1. The van der Waals surface area contributed by atoms with Gasteiger partial charge < -0.3 is 20.3 Å². The molecule has 0 spiro atoms. The van der Waals surface area contributed by atoms with E-state index in [-0.39, 0.29) is 15.8 Å². The molecule has 27 heavy (non-hydrogen) atoms. The molecule has 0 saturated carbocycles. The number of halogens is 3. The minimum absolute atomic E-state index is 0.0188. The van der Waals surface area contributed by atoms with Crippen molar-refractivity contribution in [1.29, 1.82) is 0 Å². The van der Waals surface area contributed by atoms with Crippen LogP contribution >= 0.6 is 0 Å². The van der Waals surface area contributed by atoms with E-state index in [9.17, 15) is 21.6 Å². The van der Waals surface area contributed by atoms with Crippen molar-refractivity contribution >= 4 is 9.84 Å². The van der Waals surface area contributed by atoms with Crippen LogP contribution in [0.15, 0.2) is 52.0 Å². The Kier molecular flexibility index (Phi) is 5.13. The number of likely N-dealkylation sites (N-methyl/N-ethyl adjacent to an activating group) is 1. The van der Waals surface area contributed by atoms with E-state index in [1.165, 1.54) is 6.08 Å². The molecule has 0 bridgehead atoms. The van der Waals surface area contributed by atoms with Crippen molar-refractivity contribution < 1.29 is 26.3 Å². The molecule has 0 unspecified atom stereocenters. The molecule has 2 aliphatic heterocycles. The Hall–Kier alpha value is -2.20. The molecule has 1 fully saturated rings. The fourth-order valence-electron chi connectivity index (χ4n) is 3.21. The van der Waals surface area contributed by atoms with Crippen molar-refractivity contribution in [3.05, 3.63) is 47.1 Å². The van der Waals surface area contributed by atoms with Gasteiger partial charge in [-0.05, 0) is 50.4 Å². The summed E-state index contributed by atoms with van der Waals surface area (Å²) in [4.78, 5) is 3.95. The highest BCUT2D eigenvalue weighted by molar-refractivity contribution is 7.95. The Labute approximate surface area is 155 Å². The quantitative estimate of drug-likeness (QED) is 0.830. The summed E-state index contributed by atoms with van der Waals surface area (Å²) in [7, 11) is -1.92. The number of alkyl halides is 3. The van der Waals surface area contributed by atoms with E-state index < -0.39 is 21.9 Å². The molecule has 0 aliphatic carbocycles. The summed E-state index contributed by atoms with van der Waals surface area (Å²) in [5.41, 5.74) is 6.36. The van der Waals surface area contributed by atoms with Crippen molar-refractivity contribution in [2.24, 2.45) is 5.73 Å².